The zero-order valence-electron chi connectivity index (χ0n) is 11.8. The van der Waals surface area contributed by atoms with E-state index in [-0.39, 0.29) is 12.6 Å². The van der Waals surface area contributed by atoms with Gasteiger partial charge in [0.2, 0.25) is 0 Å². The summed E-state index contributed by atoms with van der Waals surface area (Å²) < 4.78 is 0. The van der Waals surface area contributed by atoms with Gasteiger partial charge in [0.25, 0.3) is 0 Å². The molecule has 0 aromatic heterocycles. The molecule has 3 rings (SSSR count). The van der Waals surface area contributed by atoms with Gasteiger partial charge in [-0.2, -0.15) is 0 Å². The Morgan fingerprint density at radius 2 is 1.64 bits per heavy atom. The van der Waals surface area contributed by atoms with Gasteiger partial charge in [0.15, 0.2) is 0 Å². The number of carbonyl (C=O) groups excluding carboxylic acids is 1. The number of benzene rings is 2. The SMILES string of the molecule is O=C1NC(c2ccccc2)=C(Sc2ccccc2)C(CO)N1. The Morgan fingerprint density at radius 1 is 1.00 bits per heavy atom. The van der Waals surface area contributed by atoms with Gasteiger partial charge >= 0.3 is 6.03 Å². The number of carbonyl (C=O) groups is 1. The Morgan fingerprint density at radius 3 is 2.27 bits per heavy atom. The van der Waals surface area contributed by atoms with Gasteiger partial charge in [0, 0.05) is 9.80 Å². The fourth-order valence-electron chi connectivity index (χ4n) is 2.29. The molecule has 1 unspecified atom stereocenters. The highest BCUT2D eigenvalue weighted by molar-refractivity contribution is 8.03. The number of hydrogen-bond donors (Lipinski definition) is 3. The van der Waals surface area contributed by atoms with E-state index in [4.69, 9.17) is 0 Å². The molecule has 2 aromatic rings. The summed E-state index contributed by atoms with van der Waals surface area (Å²) in [5, 5.41) is 15.3. The smallest absolute Gasteiger partial charge is 0.319 e. The summed E-state index contributed by atoms with van der Waals surface area (Å²) in [4.78, 5) is 13.8. The predicted octanol–water partition coefficient (Wildman–Crippen LogP) is 2.82. The van der Waals surface area contributed by atoms with Crippen molar-refractivity contribution in [3.63, 3.8) is 0 Å². The molecule has 1 aliphatic heterocycles. The number of amides is 2. The number of aliphatic hydroxyl groups excluding tert-OH is 1. The van der Waals surface area contributed by atoms with Crippen molar-refractivity contribution in [2.75, 3.05) is 6.61 Å². The van der Waals surface area contributed by atoms with Gasteiger partial charge in [0.1, 0.15) is 0 Å². The molecule has 2 amide bonds. The van der Waals surface area contributed by atoms with Gasteiger partial charge in [0.05, 0.1) is 18.3 Å². The fourth-order valence-corrected chi connectivity index (χ4v) is 3.39. The van der Waals surface area contributed by atoms with E-state index in [1.807, 2.05) is 60.7 Å². The summed E-state index contributed by atoms with van der Waals surface area (Å²) in [7, 11) is 0. The lowest BCUT2D eigenvalue weighted by Crippen LogP contribution is -2.49. The van der Waals surface area contributed by atoms with Crippen LogP contribution in [0.15, 0.2) is 70.5 Å². The lowest BCUT2D eigenvalue weighted by Gasteiger charge is -2.28. The summed E-state index contributed by atoms with van der Waals surface area (Å²) in [6.07, 6.45) is 0. The summed E-state index contributed by atoms with van der Waals surface area (Å²) in [6.45, 7) is -0.140. The standard InChI is InChI=1S/C17H16N2O2S/c20-11-14-16(22-13-9-5-2-6-10-13)15(19-17(21)18-14)12-7-3-1-4-8-12/h1-10,14,20H,11H2,(H2,18,19,21). The summed E-state index contributed by atoms with van der Waals surface area (Å²) in [5.74, 6) is 0. The van der Waals surface area contributed by atoms with E-state index in [1.54, 1.807) is 11.8 Å². The number of nitrogens with one attached hydrogen (secondary N) is 2. The van der Waals surface area contributed by atoms with E-state index in [0.717, 1.165) is 21.1 Å². The van der Waals surface area contributed by atoms with Crippen molar-refractivity contribution in [2.45, 2.75) is 10.9 Å². The average molecular weight is 312 g/mol. The second-order valence-electron chi connectivity index (χ2n) is 4.85. The van der Waals surface area contributed by atoms with Crippen LogP contribution in [0.4, 0.5) is 4.79 Å². The zero-order valence-corrected chi connectivity index (χ0v) is 12.6. The number of urea groups is 1. The molecule has 3 N–H and O–H groups in total. The summed E-state index contributed by atoms with van der Waals surface area (Å²) >= 11 is 1.54. The van der Waals surface area contributed by atoms with Crippen LogP contribution in [0.1, 0.15) is 5.56 Å². The third kappa shape index (κ3) is 3.16. The Labute approximate surface area is 133 Å². The van der Waals surface area contributed by atoms with Crippen LogP contribution in [-0.2, 0) is 0 Å². The first kappa shape index (κ1) is 14.7. The summed E-state index contributed by atoms with van der Waals surface area (Å²) in [6, 6.07) is 18.9. The Bertz CT molecular complexity index is 686. The van der Waals surface area contributed by atoms with E-state index >= 15 is 0 Å². The molecule has 0 saturated heterocycles. The molecule has 1 heterocycles. The maximum absolute atomic E-state index is 11.8. The quantitative estimate of drug-likeness (QED) is 0.813. The average Bonchev–Trinajstić information content (AvgIpc) is 2.57. The van der Waals surface area contributed by atoms with Gasteiger partial charge in [-0.1, -0.05) is 60.3 Å². The van der Waals surface area contributed by atoms with Crippen molar-refractivity contribution in [1.82, 2.24) is 10.6 Å². The number of thioether (sulfide) groups is 1. The van der Waals surface area contributed by atoms with Crippen molar-refractivity contribution in [3.8, 4) is 0 Å². The maximum atomic E-state index is 11.8. The van der Waals surface area contributed by atoms with Crippen LogP contribution in [0.25, 0.3) is 5.70 Å². The van der Waals surface area contributed by atoms with E-state index in [0.29, 0.717) is 0 Å². The van der Waals surface area contributed by atoms with Crippen LogP contribution in [0.3, 0.4) is 0 Å². The minimum absolute atomic E-state index is 0.140. The van der Waals surface area contributed by atoms with Gasteiger partial charge in [-0.25, -0.2) is 4.79 Å². The molecule has 1 aliphatic rings. The Hall–Kier alpha value is -2.24. The fraction of sp³-hybridized carbons (Fsp3) is 0.118. The van der Waals surface area contributed by atoms with E-state index < -0.39 is 6.04 Å². The van der Waals surface area contributed by atoms with Crippen LogP contribution in [0, 0.1) is 0 Å². The molecule has 0 fully saturated rings. The van der Waals surface area contributed by atoms with Crippen LogP contribution in [0.5, 0.6) is 0 Å². The Kier molecular flexibility index (Phi) is 4.46. The lowest BCUT2D eigenvalue weighted by molar-refractivity contribution is 0.225. The van der Waals surface area contributed by atoms with Crippen molar-refractivity contribution in [3.05, 3.63) is 71.1 Å². The first-order valence-electron chi connectivity index (χ1n) is 6.99. The van der Waals surface area contributed by atoms with Gasteiger partial charge in [-0.3, -0.25) is 0 Å². The van der Waals surface area contributed by atoms with Crippen LogP contribution in [-0.4, -0.2) is 23.8 Å². The maximum Gasteiger partial charge on any atom is 0.319 e. The largest absolute Gasteiger partial charge is 0.394 e. The van der Waals surface area contributed by atoms with Crippen LogP contribution >= 0.6 is 11.8 Å². The first-order valence-corrected chi connectivity index (χ1v) is 7.80. The molecule has 0 radical (unpaired) electrons. The van der Waals surface area contributed by atoms with Gasteiger partial charge in [-0.15, -0.1) is 0 Å². The van der Waals surface area contributed by atoms with E-state index in [9.17, 15) is 9.90 Å². The highest BCUT2D eigenvalue weighted by Crippen LogP contribution is 2.35. The molecule has 0 saturated carbocycles. The van der Waals surface area contributed by atoms with Gasteiger partial charge in [-0.05, 0) is 17.7 Å². The summed E-state index contributed by atoms with van der Waals surface area (Å²) in [5.41, 5.74) is 1.67. The molecule has 0 bridgehead atoms. The predicted molar refractivity (Wildman–Crippen MR) is 88.2 cm³/mol. The van der Waals surface area contributed by atoms with Crippen molar-refractivity contribution >= 4 is 23.5 Å². The van der Waals surface area contributed by atoms with Crippen molar-refractivity contribution in [2.24, 2.45) is 0 Å². The van der Waals surface area contributed by atoms with Crippen molar-refractivity contribution in [1.29, 1.82) is 0 Å². The highest BCUT2D eigenvalue weighted by Gasteiger charge is 2.27. The van der Waals surface area contributed by atoms with E-state index in [1.165, 1.54) is 0 Å². The van der Waals surface area contributed by atoms with Crippen molar-refractivity contribution < 1.29 is 9.90 Å². The third-order valence-electron chi connectivity index (χ3n) is 3.32. The molecule has 4 nitrogen and oxygen atoms in total. The molecule has 22 heavy (non-hydrogen) atoms. The highest BCUT2D eigenvalue weighted by atomic mass is 32.2. The Balaban J connectivity index is 2.05. The lowest BCUT2D eigenvalue weighted by atomic mass is 10.1. The number of hydrogen-bond acceptors (Lipinski definition) is 3. The molecule has 0 aliphatic carbocycles. The molecule has 1 atom stereocenters. The zero-order chi connectivity index (χ0) is 15.4. The van der Waals surface area contributed by atoms with Crippen LogP contribution < -0.4 is 10.6 Å². The number of rotatable bonds is 4. The van der Waals surface area contributed by atoms with E-state index in [2.05, 4.69) is 10.6 Å². The minimum Gasteiger partial charge on any atom is -0.394 e. The minimum atomic E-state index is -0.408. The molecule has 112 valence electrons. The molecule has 5 heteroatoms. The second-order valence-corrected chi connectivity index (χ2v) is 5.97. The second kappa shape index (κ2) is 6.68. The normalized spacial score (nSPS) is 17.9. The molecule has 0 spiro atoms. The van der Waals surface area contributed by atoms with Gasteiger partial charge < -0.3 is 15.7 Å². The monoisotopic (exact) mass is 312 g/mol. The first-order chi connectivity index (χ1) is 10.8. The van der Waals surface area contributed by atoms with Crippen LogP contribution in [0.2, 0.25) is 0 Å². The third-order valence-corrected chi connectivity index (χ3v) is 4.54. The molecular formula is C17H16N2O2S. The molecule has 2 aromatic carbocycles. The molecular weight excluding hydrogens is 296 g/mol. The number of aliphatic hydroxyl groups is 1. The topological polar surface area (TPSA) is 61.4 Å².